The molecule has 1 saturated heterocycles. The molecule has 0 radical (unpaired) electrons. The number of amides is 6. The molecule has 1 unspecified atom stereocenters. The third-order valence-electron chi connectivity index (χ3n) is 9.54. The van der Waals surface area contributed by atoms with Crippen LogP contribution < -0.4 is 21.3 Å². The molecule has 292 valence electrons. The zero-order chi connectivity index (χ0) is 39.9. The predicted molar refractivity (Wildman–Crippen MR) is 201 cm³/mol. The van der Waals surface area contributed by atoms with E-state index < -0.39 is 58.7 Å². The molecular formula is C39H41F2N9O6. The average molecular weight is 770 g/mol. The van der Waals surface area contributed by atoms with Gasteiger partial charge in [0, 0.05) is 37.2 Å². The molecule has 4 aromatic rings. The Labute approximate surface area is 320 Å². The second-order valence-electron chi connectivity index (χ2n) is 13.9. The fourth-order valence-electron chi connectivity index (χ4n) is 6.65. The lowest BCUT2D eigenvalue weighted by Gasteiger charge is -2.27. The first-order valence-corrected chi connectivity index (χ1v) is 18.5. The van der Waals surface area contributed by atoms with E-state index in [1.54, 1.807) is 41.2 Å². The summed E-state index contributed by atoms with van der Waals surface area (Å²) in [5, 5.41) is 18.4. The Hall–Kier alpha value is -6.39. The number of halogens is 2. The normalized spacial score (nSPS) is 15.2. The van der Waals surface area contributed by atoms with Crippen LogP contribution in [0.2, 0.25) is 0 Å². The summed E-state index contributed by atoms with van der Waals surface area (Å²) >= 11 is 0. The summed E-state index contributed by atoms with van der Waals surface area (Å²) in [6.07, 6.45) is 6.39. The van der Waals surface area contributed by atoms with Gasteiger partial charge in [-0.1, -0.05) is 37.8 Å². The van der Waals surface area contributed by atoms with Crippen molar-refractivity contribution in [3.8, 4) is 11.5 Å². The first-order valence-electron chi connectivity index (χ1n) is 18.5. The Morgan fingerprint density at radius 1 is 0.893 bits per heavy atom. The highest BCUT2D eigenvalue weighted by atomic mass is 19.1. The number of anilines is 3. The monoisotopic (exact) mass is 769 g/mol. The van der Waals surface area contributed by atoms with Crippen molar-refractivity contribution in [2.75, 3.05) is 22.5 Å². The summed E-state index contributed by atoms with van der Waals surface area (Å²) in [6, 6.07) is 10.3. The number of benzene rings is 2. The Bertz CT molecular complexity index is 2190. The molecule has 0 aliphatic carbocycles. The number of nitrogens with one attached hydrogen (secondary N) is 4. The van der Waals surface area contributed by atoms with Crippen LogP contribution in [0.1, 0.15) is 109 Å². The lowest BCUT2D eigenvalue weighted by atomic mass is 10.0. The van der Waals surface area contributed by atoms with Gasteiger partial charge in [0.1, 0.15) is 35.5 Å². The summed E-state index contributed by atoms with van der Waals surface area (Å²) in [4.78, 5) is 81.2. The van der Waals surface area contributed by atoms with Gasteiger partial charge in [0.2, 0.25) is 17.7 Å². The summed E-state index contributed by atoms with van der Waals surface area (Å²) in [5.41, 5.74) is 0.564. The van der Waals surface area contributed by atoms with Crippen molar-refractivity contribution in [2.24, 2.45) is 0 Å². The molecule has 2 aromatic heterocycles. The Kier molecular flexibility index (Phi) is 12.2. The molecule has 0 saturated carbocycles. The van der Waals surface area contributed by atoms with E-state index in [9.17, 15) is 37.5 Å². The third kappa shape index (κ3) is 8.77. The number of unbranched alkanes of at least 4 members (excludes halogenated alkanes) is 5. The highest BCUT2D eigenvalue weighted by Crippen LogP contribution is 2.32. The lowest BCUT2D eigenvalue weighted by molar-refractivity contribution is -0.136. The summed E-state index contributed by atoms with van der Waals surface area (Å²) in [7, 11) is 0. The van der Waals surface area contributed by atoms with Gasteiger partial charge in [-0.3, -0.25) is 39.0 Å². The minimum absolute atomic E-state index is 0.0444. The average Bonchev–Trinajstić information content (AvgIpc) is 3.76. The molecule has 1 atom stereocenters. The highest BCUT2D eigenvalue weighted by molar-refractivity contribution is 6.25. The molecule has 2 aliphatic heterocycles. The Morgan fingerprint density at radius 2 is 1.64 bits per heavy atom. The topological polar surface area (TPSA) is 197 Å². The molecule has 2 aliphatic rings. The zero-order valence-corrected chi connectivity index (χ0v) is 30.9. The van der Waals surface area contributed by atoms with Gasteiger partial charge in [-0.15, -0.1) is 10.2 Å². The smallest absolute Gasteiger partial charge is 0.264 e. The molecule has 56 heavy (non-hydrogen) atoms. The molecule has 0 spiro atoms. The number of hydrogen-bond acceptors (Lipinski definition) is 10. The number of pyridine rings is 1. The van der Waals surface area contributed by atoms with Crippen LogP contribution in [0.5, 0.6) is 0 Å². The number of carbonyl (C=O) groups is 6. The van der Waals surface area contributed by atoms with Gasteiger partial charge in [0.25, 0.3) is 17.7 Å². The highest BCUT2D eigenvalue weighted by Gasteiger charge is 2.45. The molecular weight excluding hydrogens is 728 g/mol. The molecule has 2 aromatic carbocycles. The second-order valence-corrected chi connectivity index (χ2v) is 13.9. The van der Waals surface area contributed by atoms with Crippen molar-refractivity contribution in [1.29, 1.82) is 0 Å². The van der Waals surface area contributed by atoms with Crippen molar-refractivity contribution in [1.82, 2.24) is 30.0 Å². The van der Waals surface area contributed by atoms with Crippen LogP contribution in [0.15, 0.2) is 54.9 Å². The van der Waals surface area contributed by atoms with E-state index in [0.717, 1.165) is 43.1 Å². The van der Waals surface area contributed by atoms with E-state index in [-0.39, 0.29) is 47.9 Å². The number of carbonyl (C=O) groups excluding carboxylic acids is 6. The van der Waals surface area contributed by atoms with E-state index in [1.165, 1.54) is 6.07 Å². The fourth-order valence-corrected chi connectivity index (χ4v) is 6.65. The maximum absolute atomic E-state index is 14.7. The van der Waals surface area contributed by atoms with Crippen LogP contribution in [0.25, 0.3) is 11.5 Å². The number of hydrogen-bond donors (Lipinski definition) is 4. The third-order valence-corrected chi connectivity index (χ3v) is 9.54. The predicted octanol–water partition coefficient (Wildman–Crippen LogP) is 5.63. The van der Waals surface area contributed by atoms with Gasteiger partial charge in [-0.05, 0) is 63.4 Å². The number of rotatable bonds is 16. The van der Waals surface area contributed by atoms with Crippen molar-refractivity contribution in [2.45, 2.75) is 83.7 Å². The number of aromatic nitrogens is 4. The van der Waals surface area contributed by atoms with E-state index in [0.29, 0.717) is 36.2 Å². The zero-order valence-electron chi connectivity index (χ0n) is 30.9. The summed E-state index contributed by atoms with van der Waals surface area (Å²) < 4.78 is 31.2. The largest absolute Gasteiger partial charge is 0.384 e. The fraction of sp³-hybridized carbons (Fsp3) is 0.359. The minimum atomic E-state index is -1.10. The number of piperidine rings is 1. The van der Waals surface area contributed by atoms with Gasteiger partial charge in [0.05, 0.1) is 22.4 Å². The van der Waals surface area contributed by atoms with Crippen molar-refractivity contribution in [3.05, 3.63) is 83.2 Å². The van der Waals surface area contributed by atoms with Crippen LogP contribution in [-0.2, 0) is 14.4 Å². The quantitative estimate of drug-likeness (QED) is 0.0818. The van der Waals surface area contributed by atoms with Gasteiger partial charge in [0.15, 0.2) is 5.82 Å². The number of fused-ring (bicyclic) bond motifs is 1. The molecule has 6 rings (SSSR count). The van der Waals surface area contributed by atoms with Crippen LogP contribution in [0.3, 0.4) is 0 Å². The Morgan fingerprint density at radius 3 is 2.41 bits per heavy atom. The van der Waals surface area contributed by atoms with Crippen LogP contribution in [0.4, 0.5) is 26.0 Å². The van der Waals surface area contributed by atoms with E-state index >= 15 is 0 Å². The molecule has 17 heteroatoms. The molecule has 1 fully saturated rings. The number of nitrogens with zero attached hydrogens (tertiary/aromatic N) is 5. The van der Waals surface area contributed by atoms with Gasteiger partial charge < -0.3 is 20.5 Å². The summed E-state index contributed by atoms with van der Waals surface area (Å²) in [6.45, 7) is 4.44. The summed E-state index contributed by atoms with van der Waals surface area (Å²) in [5.74, 6) is -5.10. The van der Waals surface area contributed by atoms with Crippen molar-refractivity contribution in [3.63, 3.8) is 0 Å². The molecule has 6 amide bonds. The SMILES string of the molecule is CC(C)n1cnnc1-c1cccc(NC(=O)c2cc(NC(=O)CCCCCCCCNc3cccc4c3C(=O)N(C3CCC(=O)NC3=O)C4=O)c(F)cc2F)n1. The van der Waals surface area contributed by atoms with Gasteiger partial charge in [-0.25, -0.2) is 13.8 Å². The van der Waals surface area contributed by atoms with Crippen molar-refractivity contribution < 1.29 is 37.5 Å². The maximum atomic E-state index is 14.7. The Balaban J connectivity index is 0.915. The second kappa shape index (κ2) is 17.4. The lowest BCUT2D eigenvalue weighted by Crippen LogP contribution is -2.54. The minimum Gasteiger partial charge on any atom is -0.384 e. The molecule has 4 heterocycles. The van der Waals surface area contributed by atoms with E-state index in [1.807, 2.05) is 13.8 Å². The van der Waals surface area contributed by atoms with Crippen LogP contribution in [-0.4, -0.2) is 72.7 Å². The van der Waals surface area contributed by atoms with E-state index in [4.69, 9.17) is 0 Å². The standard InChI is InChI=1S/C39H41F2N9O6/c1-22(2)49-21-43-48-35(49)28-13-10-14-31(44-28)46-36(53)24-19-29(26(41)20-25(24)40)45-32(51)15-7-5-3-4-6-8-18-42-27-12-9-11-23-34(27)39(56)50(38(23)55)30-16-17-33(52)47-37(30)54/h9-14,19-22,30,42H,3-8,15-18H2,1-2H3,(H,45,51)(H,44,46,53)(H,47,52,54). The molecule has 15 nitrogen and oxygen atoms in total. The maximum Gasteiger partial charge on any atom is 0.264 e. The van der Waals surface area contributed by atoms with Gasteiger partial charge in [-0.2, -0.15) is 0 Å². The first kappa shape index (κ1) is 39.3. The van der Waals surface area contributed by atoms with Crippen molar-refractivity contribution >= 4 is 52.6 Å². The van der Waals surface area contributed by atoms with E-state index in [2.05, 4.69) is 36.4 Å². The van der Waals surface area contributed by atoms with Crippen LogP contribution in [0, 0.1) is 11.6 Å². The first-order chi connectivity index (χ1) is 26.9. The van der Waals surface area contributed by atoms with Gasteiger partial charge >= 0.3 is 0 Å². The molecule has 0 bridgehead atoms. The van der Waals surface area contributed by atoms with Crippen LogP contribution >= 0.6 is 0 Å². The molecule has 4 N–H and O–H groups in total. The number of imide groups is 2.